The summed E-state index contributed by atoms with van der Waals surface area (Å²) < 4.78 is 10.6. The molecule has 4 N–H and O–H groups in total. The van der Waals surface area contributed by atoms with Gasteiger partial charge < -0.3 is 40.1 Å². The minimum atomic E-state index is -1.26. The number of rotatable bonds is 12. The third-order valence-electron chi connectivity index (χ3n) is 7.14. The highest BCUT2D eigenvalue weighted by Gasteiger charge is 2.36. The lowest BCUT2D eigenvalue weighted by Crippen LogP contribution is -2.56. The highest BCUT2D eigenvalue weighted by molar-refractivity contribution is 5.98. The molecule has 2 saturated heterocycles. The summed E-state index contributed by atoms with van der Waals surface area (Å²) >= 11 is 0. The Bertz CT molecular complexity index is 1150. The van der Waals surface area contributed by atoms with Crippen LogP contribution in [-0.4, -0.2) is 126 Å². The van der Waals surface area contributed by atoms with Gasteiger partial charge in [0.05, 0.1) is 19.1 Å². The van der Waals surface area contributed by atoms with E-state index in [0.29, 0.717) is 94.9 Å². The van der Waals surface area contributed by atoms with Crippen LogP contribution in [0.3, 0.4) is 0 Å². The van der Waals surface area contributed by atoms with Crippen molar-refractivity contribution in [2.24, 2.45) is 11.8 Å². The van der Waals surface area contributed by atoms with E-state index in [2.05, 4.69) is 50.2 Å². The first-order chi connectivity index (χ1) is 21.2. The lowest BCUT2D eigenvalue weighted by Gasteiger charge is -2.40. The van der Waals surface area contributed by atoms with Gasteiger partial charge >= 0.3 is 11.9 Å². The van der Waals surface area contributed by atoms with E-state index in [0.717, 1.165) is 6.42 Å². The van der Waals surface area contributed by atoms with Crippen LogP contribution in [-0.2, 0) is 29.3 Å². The van der Waals surface area contributed by atoms with Crippen LogP contribution in [0, 0.1) is 11.8 Å². The highest BCUT2D eigenvalue weighted by atomic mass is 16.5. The quantitative estimate of drug-likeness (QED) is 0.194. The first kappa shape index (κ1) is 37.6. The van der Waals surface area contributed by atoms with Crippen LogP contribution >= 0.6 is 0 Å². The monoisotopic (exact) mass is 634 g/mol. The SMILES string of the molecule is COCCCNc1nc(C(C)(C)C)ncc1C(=O)N(CC(C)C)[C@@H]1CNC[C@H](C(=O)N2CCOCC2)C1.O=C(O)/C=C/C(=O)O. The van der Waals surface area contributed by atoms with Gasteiger partial charge in [0.2, 0.25) is 5.91 Å². The molecule has 0 aliphatic carbocycles. The normalized spacial score (nSPS) is 18.7. The van der Waals surface area contributed by atoms with Crippen LogP contribution in [0.15, 0.2) is 18.3 Å². The molecule has 0 unspecified atom stereocenters. The van der Waals surface area contributed by atoms with Crippen molar-refractivity contribution in [2.45, 2.75) is 58.9 Å². The predicted octanol–water partition coefficient (Wildman–Crippen LogP) is 1.87. The Morgan fingerprint density at radius 2 is 1.80 bits per heavy atom. The summed E-state index contributed by atoms with van der Waals surface area (Å²) in [6.45, 7) is 16.0. The molecule has 2 atom stereocenters. The third kappa shape index (κ3) is 12.7. The molecule has 0 spiro atoms. The van der Waals surface area contributed by atoms with Crippen molar-refractivity contribution < 1.29 is 38.9 Å². The van der Waals surface area contributed by atoms with E-state index < -0.39 is 11.9 Å². The molecule has 3 heterocycles. The molecule has 14 nitrogen and oxygen atoms in total. The molecule has 0 aromatic carbocycles. The predicted molar refractivity (Wildman–Crippen MR) is 168 cm³/mol. The Labute approximate surface area is 265 Å². The molecule has 0 bridgehead atoms. The zero-order valence-corrected chi connectivity index (χ0v) is 27.4. The minimum absolute atomic E-state index is 0.0951. The van der Waals surface area contributed by atoms with Gasteiger partial charge in [0.15, 0.2) is 0 Å². The zero-order valence-electron chi connectivity index (χ0n) is 27.4. The van der Waals surface area contributed by atoms with Crippen LogP contribution in [0.4, 0.5) is 5.82 Å². The molecular formula is C31H50N6O8. The second kappa shape index (κ2) is 18.4. The van der Waals surface area contributed by atoms with Crippen molar-refractivity contribution in [1.82, 2.24) is 25.1 Å². The minimum Gasteiger partial charge on any atom is -0.478 e. The number of methoxy groups -OCH3 is 1. The van der Waals surface area contributed by atoms with Gasteiger partial charge in [-0.25, -0.2) is 19.6 Å². The Hall–Kier alpha value is -3.62. The maximum atomic E-state index is 14.1. The average Bonchev–Trinajstić information content (AvgIpc) is 3.00. The van der Waals surface area contributed by atoms with E-state index in [4.69, 9.17) is 24.7 Å². The van der Waals surface area contributed by atoms with Crippen LogP contribution in [0.5, 0.6) is 0 Å². The fourth-order valence-corrected chi connectivity index (χ4v) is 4.93. The summed E-state index contributed by atoms with van der Waals surface area (Å²) in [6.07, 6.45) is 4.21. The van der Waals surface area contributed by atoms with Crippen LogP contribution in [0.2, 0.25) is 0 Å². The molecule has 45 heavy (non-hydrogen) atoms. The smallest absolute Gasteiger partial charge is 0.328 e. The number of anilines is 1. The Morgan fingerprint density at radius 1 is 1.16 bits per heavy atom. The molecule has 1 aromatic heterocycles. The average molecular weight is 635 g/mol. The van der Waals surface area contributed by atoms with Gasteiger partial charge in [0, 0.05) is 82.8 Å². The first-order valence-corrected chi connectivity index (χ1v) is 15.4. The van der Waals surface area contributed by atoms with Crippen molar-refractivity contribution in [2.75, 3.05) is 71.5 Å². The van der Waals surface area contributed by atoms with Gasteiger partial charge in [-0.2, -0.15) is 0 Å². The number of morpholine rings is 1. The molecule has 252 valence electrons. The Balaban J connectivity index is 0.000000777. The summed E-state index contributed by atoms with van der Waals surface area (Å²) in [6, 6.07) is -0.0951. The lowest BCUT2D eigenvalue weighted by molar-refractivity contribution is -0.140. The molecular weight excluding hydrogens is 584 g/mol. The number of aliphatic carboxylic acids is 2. The number of amides is 2. The van der Waals surface area contributed by atoms with Crippen molar-refractivity contribution in [3.05, 3.63) is 29.7 Å². The van der Waals surface area contributed by atoms with Crippen LogP contribution in [0.25, 0.3) is 0 Å². The molecule has 2 aliphatic heterocycles. The number of nitrogens with zero attached hydrogens (tertiary/aromatic N) is 4. The van der Waals surface area contributed by atoms with E-state index in [-0.39, 0.29) is 35.1 Å². The van der Waals surface area contributed by atoms with Crippen molar-refractivity contribution >= 4 is 29.6 Å². The van der Waals surface area contributed by atoms with E-state index in [1.54, 1.807) is 13.3 Å². The Kier molecular flexibility index (Phi) is 15.3. The third-order valence-corrected chi connectivity index (χ3v) is 7.14. The number of carboxylic acid groups (broad SMARTS) is 2. The van der Waals surface area contributed by atoms with Crippen molar-refractivity contribution in [3.63, 3.8) is 0 Å². The van der Waals surface area contributed by atoms with E-state index in [9.17, 15) is 19.2 Å². The fourth-order valence-electron chi connectivity index (χ4n) is 4.93. The first-order valence-electron chi connectivity index (χ1n) is 15.4. The van der Waals surface area contributed by atoms with E-state index in [1.165, 1.54) is 0 Å². The van der Waals surface area contributed by atoms with Gasteiger partial charge in [-0.3, -0.25) is 9.59 Å². The van der Waals surface area contributed by atoms with Gasteiger partial charge in [0.25, 0.3) is 5.91 Å². The van der Waals surface area contributed by atoms with Gasteiger partial charge in [-0.05, 0) is 18.8 Å². The largest absolute Gasteiger partial charge is 0.478 e. The van der Waals surface area contributed by atoms with Crippen LogP contribution < -0.4 is 10.6 Å². The van der Waals surface area contributed by atoms with Gasteiger partial charge in [-0.15, -0.1) is 0 Å². The number of hydrogen-bond donors (Lipinski definition) is 4. The standard InChI is InChI=1S/C27H46N6O4.C4H4O4/c1-19(2)18-33(21-14-20(15-28-16-21)24(34)32-9-12-37-13-10-32)25(35)22-17-30-26(27(3,4)5)31-23(22)29-8-7-11-36-6;5-3(6)1-2-4(7)8/h17,19-21,28H,7-16,18H2,1-6H3,(H,29,30,31);1-2H,(H,5,6)(H,7,8)/b;2-1+/t20-,21+;/m1./s1. The van der Waals surface area contributed by atoms with Crippen LogP contribution in [0.1, 0.15) is 63.6 Å². The van der Waals surface area contributed by atoms with E-state index >= 15 is 0 Å². The number of piperidine rings is 1. The molecule has 3 rings (SSSR count). The molecule has 14 heteroatoms. The highest BCUT2D eigenvalue weighted by Crippen LogP contribution is 2.26. The molecule has 2 aliphatic rings. The number of nitrogens with one attached hydrogen (secondary N) is 2. The number of aromatic nitrogens is 2. The number of hydrogen-bond acceptors (Lipinski definition) is 10. The zero-order chi connectivity index (χ0) is 33.6. The van der Waals surface area contributed by atoms with Gasteiger partial charge in [0.1, 0.15) is 17.2 Å². The van der Waals surface area contributed by atoms with Crippen molar-refractivity contribution in [1.29, 1.82) is 0 Å². The Morgan fingerprint density at radius 3 is 2.36 bits per heavy atom. The molecule has 0 radical (unpaired) electrons. The number of carboxylic acids is 2. The summed E-state index contributed by atoms with van der Waals surface area (Å²) in [4.78, 5) is 59.6. The second-order valence-electron chi connectivity index (χ2n) is 12.5. The molecule has 1 aromatic rings. The number of ether oxygens (including phenoxy) is 2. The molecule has 2 amide bonds. The van der Waals surface area contributed by atoms with Gasteiger partial charge in [-0.1, -0.05) is 34.6 Å². The summed E-state index contributed by atoms with van der Waals surface area (Å²) in [5.74, 6) is -1.12. The van der Waals surface area contributed by atoms with Crippen molar-refractivity contribution in [3.8, 4) is 0 Å². The maximum absolute atomic E-state index is 14.1. The lowest BCUT2D eigenvalue weighted by atomic mass is 9.92. The van der Waals surface area contributed by atoms with E-state index in [1.807, 2.05) is 9.80 Å². The summed E-state index contributed by atoms with van der Waals surface area (Å²) in [5.41, 5.74) is 0.218. The number of carbonyl (C=O) groups is 4. The maximum Gasteiger partial charge on any atom is 0.328 e. The fraction of sp³-hybridized carbons (Fsp3) is 0.677. The second-order valence-corrected chi connectivity index (χ2v) is 12.5. The topological polar surface area (TPSA) is 184 Å². The number of carbonyl (C=O) groups excluding carboxylic acids is 2. The summed E-state index contributed by atoms with van der Waals surface area (Å²) in [5, 5.41) is 22.4. The summed E-state index contributed by atoms with van der Waals surface area (Å²) in [7, 11) is 1.68. The molecule has 0 saturated carbocycles. The molecule has 2 fully saturated rings.